The van der Waals surface area contributed by atoms with Crippen LogP contribution in [-0.2, 0) is 4.43 Å². The highest BCUT2D eigenvalue weighted by Crippen LogP contribution is 1.66. The van der Waals surface area contributed by atoms with Gasteiger partial charge < -0.3 is 10.2 Å². The van der Waals surface area contributed by atoms with Crippen molar-refractivity contribution in [2.75, 3.05) is 7.11 Å². The highest BCUT2D eigenvalue weighted by molar-refractivity contribution is 6.29. The number of hydrogen-bond donors (Lipinski definition) is 1. The van der Waals surface area contributed by atoms with Crippen LogP contribution in [0.4, 0.5) is 0 Å². The maximum absolute atomic E-state index is 5.34. The maximum atomic E-state index is 5.34. The molecule has 0 saturated carbocycles. The molecule has 0 aromatic heterocycles. The van der Waals surface area contributed by atoms with Gasteiger partial charge in [-0.3, -0.25) is 0 Å². The zero-order valence-corrected chi connectivity index (χ0v) is 5.68. The highest BCUT2D eigenvalue weighted by atomic mass is 28.2. The molecular weight excluding hydrogens is 94.1 g/mol. The van der Waals surface area contributed by atoms with E-state index in [2.05, 4.69) is 0 Å². The normalized spacial score (nSPS) is 16.5. The molecule has 2 N–H and O–H groups in total. The Morgan fingerprint density at radius 1 is 1.83 bits per heavy atom. The Labute approximate surface area is 40.6 Å². The Kier molecular flexibility index (Phi) is 3.41. The van der Waals surface area contributed by atoms with Crippen LogP contribution in [0, 0.1) is 0 Å². The van der Waals surface area contributed by atoms with E-state index in [1.165, 1.54) is 0 Å². The van der Waals surface area contributed by atoms with E-state index in [1.54, 1.807) is 7.11 Å². The SMILES string of the molecule is CO[SiH2]C(C)N. The second-order valence-corrected chi connectivity index (χ2v) is 3.63. The molecule has 0 spiro atoms. The largest absolute Gasteiger partial charge is 0.426 e. The molecule has 6 heavy (non-hydrogen) atoms. The molecule has 0 fully saturated rings. The summed E-state index contributed by atoms with van der Waals surface area (Å²) < 4.78 is 4.82. The first-order chi connectivity index (χ1) is 2.77. The Hall–Kier alpha value is 0.137. The predicted molar refractivity (Wildman–Crippen MR) is 29.2 cm³/mol. The molecule has 0 rings (SSSR count). The Morgan fingerprint density at radius 3 is 2.33 bits per heavy atom. The van der Waals surface area contributed by atoms with Crippen LogP contribution in [0.1, 0.15) is 6.92 Å². The molecule has 38 valence electrons. The van der Waals surface area contributed by atoms with Crippen molar-refractivity contribution >= 4 is 9.76 Å². The lowest BCUT2D eigenvalue weighted by atomic mass is 10.8. The summed E-state index contributed by atoms with van der Waals surface area (Å²) in [6, 6.07) is 0. The van der Waals surface area contributed by atoms with Crippen molar-refractivity contribution in [3.8, 4) is 0 Å². The van der Waals surface area contributed by atoms with Crippen LogP contribution in [0.15, 0.2) is 0 Å². The van der Waals surface area contributed by atoms with E-state index >= 15 is 0 Å². The van der Waals surface area contributed by atoms with Crippen LogP contribution in [0.5, 0.6) is 0 Å². The lowest BCUT2D eigenvalue weighted by Crippen LogP contribution is -2.24. The third kappa shape index (κ3) is 4.14. The molecule has 0 heterocycles. The minimum Gasteiger partial charge on any atom is -0.426 e. The van der Waals surface area contributed by atoms with Gasteiger partial charge in [-0.2, -0.15) is 0 Å². The van der Waals surface area contributed by atoms with Gasteiger partial charge in [-0.05, 0) is 0 Å². The summed E-state index contributed by atoms with van der Waals surface area (Å²) in [6.45, 7) is 1.97. The fourth-order valence-corrected chi connectivity index (χ4v) is 0.789. The monoisotopic (exact) mass is 105 g/mol. The topological polar surface area (TPSA) is 35.2 Å². The third-order valence-electron chi connectivity index (χ3n) is 0.430. The van der Waals surface area contributed by atoms with Gasteiger partial charge in [-0.1, -0.05) is 6.92 Å². The minimum atomic E-state index is -0.366. The van der Waals surface area contributed by atoms with E-state index in [-0.39, 0.29) is 9.76 Å². The van der Waals surface area contributed by atoms with E-state index in [9.17, 15) is 0 Å². The molecule has 0 bridgehead atoms. The van der Waals surface area contributed by atoms with Crippen molar-refractivity contribution in [1.82, 2.24) is 0 Å². The summed E-state index contributed by atoms with van der Waals surface area (Å²) in [5.41, 5.74) is 5.65. The number of rotatable bonds is 2. The molecule has 1 unspecified atom stereocenters. The Balaban J connectivity index is 2.63. The average molecular weight is 105 g/mol. The first-order valence-electron chi connectivity index (χ1n) is 2.02. The van der Waals surface area contributed by atoms with Gasteiger partial charge in [-0.25, -0.2) is 0 Å². The number of hydrogen-bond acceptors (Lipinski definition) is 2. The fraction of sp³-hybridized carbons (Fsp3) is 1.00. The fourth-order valence-electron chi connectivity index (χ4n) is 0.263. The van der Waals surface area contributed by atoms with E-state index in [1.807, 2.05) is 6.92 Å². The zero-order chi connectivity index (χ0) is 4.99. The highest BCUT2D eigenvalue weighted by Gasteiger charge is 1.88. The van der Waals surface area contributed by atoms with Gasteiger partial charge in [0.05, 0.1) is 0 Å². The standard InChI is InChI=1S/C3H11NOSi/c1-3(4)6-5-2/h3H,4,6H2,1-2H3. The Morgan fingerprint density at radius 2 is 2.33 bits per heavy atom. The van der Waals surface area contributed by atoms with Gasteiger partial charge in [0.2, 0.25) is 0 Å². The van der Waals surface area contributed by atoms with Crippen LogP contribution in [-0.4, -0.2) is 22.5 Å². The smallest absolute Gasteiger partial charge is 0.177 e. The predicted octanol–water partition coefficient (Wildman–Crippen LogP) is -0.979. The molecule has 0 amide bonds. The zero-order valence-electron chi connectivity index (χ0n) is 4.27. The molecule has 0 aromatic rings. The van der Waals surface area contributed by atoms with Crippen molar-refractivity contribution in [2.45, 2.75) is 12.6 Å². The average Bonchev–Trinajstić information content (AvgIpc) is 1.35. The van der Waals surface area contributed by atoms with Crippen molar-refractivity contribution in [2.24, 2.45) is 5.73 Å². The Bertz CT molecular complexity index is 32.0. The summed E-state index contributed by atoms with van der Waals surface area (Å²) in [6.07, 6.45) is 0. The molecule has 0 aliphatic heterocycles. The number of nitrogens with two attached hydrogens (primary N) is 1. The molecule has 0 radical (unpaired) electrons. The van der Waals surface area contributed by atoms with Crippen LogP contribution in [0.3, 0.4) is 0 Å². The molecule has 0 aliphatic rings. The second-order valence-electron chi connectivity index (χ2n) is 1.43. The summed E-state index contributed by atoms with van der Waals surface area (Å²) in [4.78, 5) is 0. The summed E-state index contributed by atoms with van der Waals surface area (Å²) in [5.74, 6) is 0. The van der Waals surface area contributed by atoms with E-state index in [0.717, 1.165) is 0 Å². The van der Waals surface area contributed by atoms with Crippen molar-refractivity contribution in [3.63, 3.8) is 0 Å². The summed E-state index contributed by atoms with van der Waals surface area (Å²) in [7, 11) is 1.34. The molecule has 1 atom stereocenters. The molecule has 2 nitrogen and oxygen atoms in total. The van der Waals surface area contributed by atoms with Gasteiger partial charge in [0, 0.05) is 12.8 Å². The maximum Gasteiger partial charge on any atom is 0.177 e. The van der Waals surface area contributed by atoms with Crippen LogP contribution < -0.4 is 5.73 Å². The molecule has 0 saturated heterocycles. The minimum absolute atomic E-state index is 0.315. The van der Waals surface area contributed by atoms with Crippen molar-refractivity contribution in [1.29, 1.82) is 0 Å². The first-order valence-corrected chi connectivity index (χ1v) is 3.41. The van der Waals surface area contributed by atoms with Gasteiger partial charge in [0.1, 0.15) is 0 Å². The molecule has 3 heteroatoms. The molecule has 0 aliphatic carbocycles. The van der Waals surface area contributed by atoms with Crippen molar-refractivity contribution < 1.29 is 4.43 Å². The first kappa shape index (κ1) is 6.14. The third-order valence-corrected chi connectivity index (χ3v) is 1.29. The van der Waals surface area contributed by atoms with Crippen LogP contribution in [0.2, 0.25) is 0 Å². The van der Waals surface area contributed by atoms with E-state index < -0.39 is 0 Å². The second kappa shape index (κ2) is 3.33. The lowest BCUT2D eigenvalue weighted by molar-refractivity contribution is 0.433. The van der Waals surface area contributed by atoms with Gasteiger partial charge in [0.25, 0.3) is 0 Å². The quantitative estimate of drug-likeness (QED) is 0.458. The van der Waals surface area contributed by atoms with Crippen LogP contribution in [0.25, 0.3) is 0 Å². The summed E-state index contributed by atoms with van der Waals surface area (Å²) in [5, 5.41) is 0. The van der Waals surface area contributed by atoms with Crippen LogP contribution >= 0.6 is 0 Å². The molecular formula is C3H11NOSi. The van der Waals surface area contributed by atoms with E-state index in [4.69, 9.17) is 10.2 Å². The van der Waals surface area contributed by atoms with Gasteiger partial charge >= 0.3 is 0 Å². The van der Waals surface area contributed by atoms with Gasteiger partial charge in [-0.15, -0.1) is 0 Å². The summed E-state index contributed by atoms with van der Waals surface area (Å²) >= 11 is 0. The van der Waals surface area contributed by atoms with Crippen molar-refractivity contribution in [3.05, 3.63) is 0 Å². The lowest BCUT2D eigenvalue weighted by Gasteiger charge is -1.97. The molecule has 0 aromatic carbocycles. The van der Waals surface area contributed by atoms with E-state index in [0.29, 0.717) is 5.67 Å². The van der Waals surface area contributed by atoms with Gasteiger partial charge in [0.15, 0.2) is 9.76 Å².